The number of hydrogen-bond donors (Lipinski definition) is 1. The Morgan fingerprint density at radius 1 is 1.70 bits per heavy atom. The minimum atomic E-state index is 0.0486. The highest BCUT2D eigenvalue weighted by Gasteiger charge is 1.98. The smallest absolute Gasteiger partial charge is 0.208 e. The van der Waals surface area contributed by atoms with Crippen LogP contribution in [0.5, 0.6) is 0 Å². The standard InChI is InChI=1S/C8H13NO/c1-3-5-8(6-4-2)9-7-10/h7-8H,3,5H2,1-2H3,(H,9,10)/t8-/m0/s1. The molecule has 0 fully saturated rings. The van der Waals surface area contributed by atoms with E-state index in [2.05, 4.69) is 24.1 Å². The van der Waals surface area contributed by atoms with Crippen molar-refractivity contribution in [3.8, 4) is 11.8 Å². The van der Waals surface area contributed by atoms with Gasteiger partial charge in [-0.25, -0.2) is 0 Å². The van der Waals surface area contributed by atoms with Crippen molar-refractivity contribution in [3.63, 3.8) is 0 Å². The lowest BCUT2D eigenvalue weighted by Crippen LogP contribution is -2.25. The molecule has 0 saturated heterocycles. The Bertz CT molecular complexity index is 143. The van der Waals surface area contributed by atoms with E-state index in [1.165, 1.54) is 0 Å². The molecule has 0 aromatic rings. The van der Waals surface area contributed by atoms with Gasteiger partial charge in [0.1, 0.15) is 0 Å². The van der Waals surface area contributed by atoms with Crippen molar-refractivity contribution in [2.24, 2.45) is 0 Å². The van der Waals surface area contributed by atoms with Crippen molar-refractivity contribution in [2.75, 3.05) is 0 Å². The van der Waals surface area contributed by atoms with Gasteiger partial charge in [0.15, 0.2) is 0 Å². The van der Waals surface area contributed by atoms with Crippen LogP contribution < -0.4 is 5.32 Å². The third kappa shape index (κ3) is 3.96. The molecule has 0 rings (SSSR count). The molecule has 10 heavy (non-hydrogen) atoms. The minimum absolute atomic E-state index is 0.0486. The maximum Gasteiger partial charge on any atom is 0.208 e. The second kappa shape index (κ2) is 6.15. The molecule has 0 heterocycles. The van der Waals surface area contributed by atoms with E-state index in [9.17, 15) is 4.79 Å². The van der Waals surface area contributed by atoms with Crippen LogP contribution in [-0.2, 0) is 4.79 Å². The summed E-state index contributed by atoms with van der Waals surface area (Å²) in [4.78, 5) is 9.99. The van der Waals surface area contributed by atoms with Gasteiger partial charge in [0.05, 0.1) is 6.04 Å². The molecule has 1 atom stereocenters. The third-order valence-corrected chi connectivity index (χ3v) is 1.17. The summed E-state index contributed by atoms with van der Waals surface area (Å²) in [5.41, 5.74) is 0. The van der Waals surface area contributed by atoms with E-state index in [-0.39, 0.29) is 6.04 Å². The van der Waals surface area contributed by atoms with Crippen LogP contribution in [0.4, 0.5) is 0 Å². The van der Waals surface area contributed by atoms with Gasteiger partial charge >= 0.3 is 0 Å². The van der Waals surface area contributed by atoms with Crippen LogP contribution in [-0.4, -0.2) is 12.5 Å². The fraction of sp³-hybridized carbons (Fsp3) is 0.625. The summed E-state index contributed by atoms with van der Waals surface area (Å²) in [6.07, 6.45) is 2.67. The molecule has 1 N–H and O–H groups in total. The predicted octanol–water partition coefficient (Wildman–Crippen LogP) is 0.924. The van der Waals surface area contributed by atoms with Gasteiger partial charge in [-0.05, 0) is 13.3 Å². The molecule has 0 aliphatic rings. The Hall–Kier alpha value is -0.970. The van der Waals surface area contributed by atoms with Crippen LogP contribution >= 0.6 is 0 Å². The van der Waals surface area contributed by atoms with Crippen LogP contribution in [0.3, 0.4) is 0 Å². The van der Waals surface area contributed by atoms with Gasteiger partial charge in [-0.1, -0.05) is 19.3 Å². The number of hydrogen-bond acceptors (Lipinski definition) is 1. The van der Waals surface area contributed by atoms with Gasteiger partial charge in [0.25, 0.3) is 0 Å². The lowest BCUT2D eigenvalue weighted by Gasteiger charge is -2.05. The van der Waals surface area contributed by atoms with Gasteiger partial charge in [0, 0.05) is 0 Å². The summed E-state index contributed by atoms with van der Waals surface area (Å²) in [5, 5.41) is 2.63. The summed E-state index contributed by atoms with van der Waals surface area (Å²) in [6, 6.07) is 0.0486. The van der Waals surface area contributed by atoms with Crippen molar-refractivity contribution < 1.29 is 4.79 Å². The van der Waals surface area contributed by atoms with E-state index >= 15 is 0 Å². The van der Waals surface area contributed by atoms with Crippen LogP contribution in [0, 0.1) is 11.8 Å². The maximum absolute atomic E-state index is 9.99. The lowest BCUT2D eigenvalue weighted by atomic mass is 10.2. The van der Waals surface area contributed by atoms with E-state index < -0.39 is 0 Å². The van der Waals surface area contributed by atoms with Gasteiger partial charge in [0.2, 0.25) is 6.41 Å². The highest BCUT2D eigenvalue weighted by Crippen LogP contribution is 1.92. The molecule has 0 aromatic carbocycles. The third-order valence-electron chi connectivity index (χ3n) is 1.17. The summed E-state index contributed by atoms with van der Waals surface area (Å²) in [5.74, 6) is 5.66. The molecule has 0 aliphatic heterocycles. The zero-order chi connectivity index (χ0) is 7.82. The average molecular weight is 139 g/mol. The zero-order valence-corrected chi connectivity index (χ0v) is 6.48. The number of rotatable bonds is 4. The molecular formula is C8H13NO. The summed E-state index contributed by atoms with van der Waals surface area (Å²) in [6.45, 7) is 3.84. The number of carbonyl (C=O) groups is 1. The number of nitrogens with one attached hydrogen (secondary N) is 1. The second-order valence-corrected chi connectivity index (χ2v) is 2.02. The van der Waals surface area contributed by atoms with Crippen molar-refractivity contribution in [3.05, 3.63) is 0 Å². The monoisotopic (exact) mass is 139 g/mol. The Morgan fingerprint density at radius 2 is 2.40 bits per heavy atom. The predicted molar refractivity (Wildman–Crippen MR) is 41.3 cm³/mol. The zero-order valence-electron chi connectivity index (χ0n) is 6.48. The molecule has 0 aliphatic carbocycles. The Balaban J connectivity index is 3.67. The molecule has 1 amide bonds. The fourth-order valence-corrected chi connectivity index (χ4v) is 0.742. The quantitative estimate of drug-likeness (QED) is 0.455. The fourth-order valence-electron chi connectivity index (χ4n) is 0.742. The van der Waals surface area contributed by atoms with Crippen LogP contribution in [0.2, 0.25) is 0 Å². The first kappa shape index (κ1) is 9.03. The SMILES string of the molecule is CC#C[C@H](CCC)NC=O. The molecule has 0 radical (unpaired) electrons. The Labute approximate surface area is 62.0 Å². The highest BCUT2D eigenvalue weighted by molar-refractivity contribution is 5.47. The normalized spacial score (nSPS) is 11.0. The highest BCUT2D eigenvalue weighted by atomic mass is 16.1. The van der Waals surface area contributed by atoms with Crippen LogP contribution in [0.1, 0.15) is 26.7 Å². The van der Waals surface area contributed by atoms with Crippen molar-refractivity contribution in [2.45, 2.75) is 32.7 Å². The molecule has 56 valence electrons. The largest absolute Gasteiger partial charge is 0.345 e. The van der Waals surface area contributed by atoms with Gasteiger partial charge in [-0.15, -0.1) is 5.92 Å². The van der Waals surface area contributed by atoms with Crippen LogP contribution in [0.25, 0.3) is 0 Å². The summed E-state index contributed by atoms with van der Waals surface area (Å²) < 4.78 is 0. The van der Waals surface area contributed by atoms with E-state index in [0.717, 1.165) is 12.8 Å². The molecule has 2 nitrogen and oxygen atoms in total. The van der Waals surface area contributed by atoms with Gasteiger partial charge in [-0.2, -0.15) is 0 Å². The molecule has 0 spiro atoms. The molecular weight excluding hydrogens is 126 g/mol. The van der Waals surface area contributed by atoms with Crippen molar-refractivity contribution in [1.29, 1.82) is 0 Å². The van der Waals surface area contributed by atoms with E-state index in [0.29, 0.717) is 6.41 Å². The average Bonchev–Trinajstić information content (AvgIpc) is 1.90. The minimum Gasteiger partial charge on any atom is -0.345 e. The maximum atomic E-state index is 9.99. The van der Waals surface area contributed by atoms with E-state index in [4.69, 9.17) is 0 Å². The summed E-state index contributed by atoms with van der Waals surface area (Å²) >= 11 is 0. The first-order chi connectivity index (χ1) is 4.85. The number of amides is 1. The second-order valence-electron chi connectivity index (χ2n) is 2.02. The van der Waals surface area contributed by atoms with E-state index in [1.807, 2.05) is 0 Å². The first-order valence-electron chi connectivity index (χ1n) is 3.47. The van der Waals surface area contributed by atoms with Gasteiger partial charge < -0.3 is 5.32 Å². The molecule has 2 heteroatoms. The molecule has 0 saturated carbocycles. The number of carbonyl (C=O) groups excluding carboxylic acids is 1. The van der Waals surface area contributed by atoms with Crippen LogP contribution in [0.15, 0.2) is 0 Å². The first-order valence-corrected chi connectivity index (χ1v) is 3.47. The Morgan fingerprint density at radius 3 is 2.80 bits per heavy atom. The van der Waals surface area contributed by atoms with E-state index in [1.54, 1.807) is 6.92 Å². The van der Waals surface area contributed by atoms with Crippen molar-refractivity contribution >= 4 is 6.41 Å². The topological polar surface area (TPSA) is 29.1 Å². The van der Waals surface area contributed by atoms with Gasteiger partial charge in [-0.3, -0.25) is 4.79 Å². The molecule has 0 bridgehead atoms. The molecule has 0 aromatic heterocycles. The Kier molecular flexibility index (Phi) is 5.56. The molecule has 0 unspecified atom stereocenters. The lowest BCUT2D eigenvalue weighted by molar-refractivity contribution is -0.109. The van der Waals surface area contributed by atoms with Crippen molar-refractivity contribution in [1.82, 2.24) is 5.32 Å². The summed E-state index contributed by atoms with van der Waals surface area (Å²) in [7, 11) is 0.